The summed E-state index contributed by atoms with van der Waals surface area (Å²) in [6.07, 6.45) is 4.24. The first-order valence-corrected chi connectivity index (χ1v) is 16.8. The van der Waals surface area contributed by atoms with Gasteiger partial charge in [0.1, 0.15) is 6.33 Å². The van der Waals surface area contributed by atoms with Crippen molar-refractivity contribution >= 4 is 23.6 Å². The van der Waals surface area contributed by atoms with Crippen LogP contribution in [0.2, 0.25) is 0 Å². The summed E-state index contributed by atoms with van der Waals surface area (Å²) < 4.78 is 14.9. The van der Waals surface area contributed by atoms with E-state index in [-0.39, 0.29) is 31.1 Å². The molecule has 0 unspecified atom stereocenters. The number of rotatable bonds is 15. The van der Waals surface area contributed by atoms with Gasteiger partial charge in [-0.05, 0) is 46.7 Å². The molecule has 248 valence electrons. The summed E-state index contributed by atoms with van der Waals surface area (Å²) in [6.45, 7) is 0.421. The Morgan fingerprint density at radius 3 is 2.36 bits per heavy atom. The van der Waals surface area contributed by atoms with Gasteiger partial charge in [0.15, 0.2) is 11.4 Å². The fourth-order valence-electron chi connectivity index (χ4n) is 5.38. The standard InChI is InChI=1S/C35H41N5O6S/c1-40-23-37-38-35(40)47-22-30-19-31(27-12-10-24(21-41)11-13-27)46-34(45-30)28-16-14-26(15-17-28)29-7-5-6-25(18-29)20-36-32(42)8-3-2-4-9-33(43)39-44/h5-7,10-18,23,30-31,34,41,44H,2-4,8-9,19-22H2,1H3,(H,36,42)(H,39,43)/t30-,31+,34+/m1/s1. The molecule has 0 bridgehead atoms. The van der Waals surface area contributed by atoms with Crippen molar-refractivity contribution < 1.29 is 29.4 Å². The molecule has 2 heterocycles. The zero-order valence-electron chi connectivity index (χ0n) is 26.4. The molecule has 1 fully saturated rings. The number of amides is 2. The topological polar surface area (TPSA) is 148 Å². The Morgan fingerprint density at radius 2 is 1.66 bits per heavy atom. The monoisotopic (exact) mass is 659 g/mol. The molecule has 1 saturated heterocycles. The maximum absolute atomic E-state index is 12.3. The van der Waals surface area contributed by atoms with Crippen LogP contribution >= 0.6 is 11.8 Å². The number of benzene rings is 3. The third-order valence-corrected chi connectivity index (χ3v) is 9.21. The number of hydroxylamine groups is 1. The van der Waals surface area contributed by atoms with E-state index in [1.165, 1.54) is 0 Å². The van der Waals surface area contributed by atoms with Crippen LogP contribution in [0.5, 0.6) is 0 Å². The van der Waals surface area contributed by atoms with E-state index in [1.807, 2.05) is 66.2 Å². The lowest BCUT2D eigenvalue weighted by Gasteiger charge is -2.36. The van der Waals surface area contributed by atoms with Crippen molar-refractivity contribution in [3.05, 3.63) is 101 Å². The van der Waals surface area contributed by atoms with Crippen molar-refractivity contribution in [2.24, 2.45) is 7.05 Å². The summed E-state index contributed by atoms with van der Waals surface area (Å²) in [5.74, 6) is 0.255. The molecule has 47 heavy (non-hydrogen) atoms. The second-order valence-corrected chi connectivity index (χ2v) is 12.6. The van der Waals surface area contributed by atoms with Crippen LogP contribution in [0, 0.1) is 0 Å². The lowest BCUT2D eigenvalue weighted by Crippen LogP contribution is -2.31. The molecular formula is C35H41N5O6S. The predicted octanol–water partition coefficient (Wildman–Crippen LogP) is 5.38. The highest BCUT2D eigenvalue weighted by Crippen LogP contribution is 2.39. The van der Waals surface area contributed by atoms with Gasteiger partial charge in [-0.3, -0.25) is 14.8 Å². The molecule has 0 radical (unpaired) electrons. The van der Waals surface area contributed by atoms with Crippen LogP contribution in [0.25, 0.3) is 11.1 Å². The maximum atomic E-state index is 12.3. The van der Waals surface area contributed by atoms with E-state index in [2.05, 4.69) is 33.7 Å². The number of carbonyl (C=O) groups excluding carboxylic acids is 2. The number of hydrogen-bond acceptors (Lipinski definition) is 9. The molecule has 3 atom stereocenters. The van der Waals surface area contributed by atoms with E-state index in [1.54, 1.807) is 23.6 Å². The average Bonchev–Trinajstić information content (AvgIpc) is 3.53. The third kappa shape index (κ3) is 9.96. The number of aliphatic hydroxyl groups is 1. The molecule has 3 aromatic carbocycles. The number of ether oxygens (including phenoxy) is 2. The van der Waals surface area contributed by atoms with E-state index >= 15 is 0 Å². The van der Waals surface area contributed by atoms with Crippen LogP contribution in [0.3, 0.4) is 0 Å². The van der Waals surface area contributed by atoms with Crippen LogP contribution in [-0.4, -0.2) is 48.7 Å². The maximum Gasteiger partial charge on any atom is 0.243 e. The first-order chi connectivity index (χ1) is 22.9. The smallest absolute Gasteiger partial charge is 0.243 e. The van der Waals surface area contributed by atoms with Crippen LogP contribution in [-0.2, 0) is 39.3 Å². The zero-order chi connectivity index (χ0) is 33.0. The van der Waals surface area contributed by atoms with Gasteiger partial charge in [0.25, 0.3) is 0 Å². The fourth-order valence-corrected chi connectivity index (χ4v) is 6.29. The second kappa shape index (κ2) is 17.2. The van der Waals surface area contributed by atoms with Gasteiger partial charge >= 0.3 is 0 Å². The zero-order valence-corrected chi connectivity index (χ0v) is 27.2. The van der Waals surface area contributed by atoms with Gasteiger partial charge in [0.05, 0.1) is 18.8 Å². The predicted molar refractivity (Wildman–Crippen MR) is 177 cm³/mol. The Bertz CT molecular complexity index is 1600. The molecule has 4 aromatic rings. The molecule has 12 heteroatoms. The molecule has 0 saturated carbocycles. The number of unbranched alkanes of at least 4 members (excludes halogenated alkanes) is 2. The number of aromatic nitrogens is 3. The number of aryl methyl sites for hydroxylation is 1. The Balaban J connectivity index is 1.20. The van der Waals surface area contributed by atoms with E-state index < -0.39 is 12.2 Å². The highest BCUT2D eigenvalue weighted by molar-refractivity contribution is 7.99. The van der Waals surface area contributed by atoms with Crippen LogP contribution in [0.15, 0.2) is 84.3 Å². The van der Waals surface area contributed by atoms with E-state index in [0.29, 0.717) is 38.0 Å². The summed E-state index contributed by atoms with van der Waals surface area (Å²) in [5.41, 5.74) is 7.50. The largest absolute Gasteiger partial charge is 0.392 e. The number of carbonyl (C=O) groups is 2. The highest BCUT2D eigenvalue weighted by atomic mass is 32.2. The lowest BCUT2D eigenvalue weighted by molar-refractivity contribution is -0.245. The van der Waals surface area contributed by atoms with Crippen molar-refractivity contribution in [3.8, 4) is 11.1 Å². The molecular weight excluding hydrogens is 618 g/mol. The minimum Gasteiger partial charge on any atom is -0.392 e. The molecule has 2 amide bonds. The quantitative estimate of drug-likeness (QED) is 0.0571. The molecule has 1 aliphatic heterocycles. The number of aliphatic hydroxyl groups excluding tert-OH is 1. The molecule has 11 nitrogen and oxygen atoms in total. The molecule has 0 aliphatic carbocycles. The molecule has 4 N–H and O–H groups in total. The first-order valence-electron chi connectivity index (χ1n) is 15.8. The Labute approximate surface area is 278 Å². The van der Waals surface area contributed by atoms with Gasteiger partial charge in [-0.15, -0.1) is 10.2 Å². The number of thioether (sulfide) groups is 1. The van der Waals surface area contributed by atoms with Crippen molar-refractivity contribution in [1.29, 1.82) is 0 Å². The molecule has 0 spiro atoms. The summed E-state index contributed by atoms with van der Waals surface area (Å²) in [5, 5.41) is 30.0. The summed E-state index contributed by atoms with van der Waals surface area (Å²) in [4.78, 5) is 23.4. The average molecular weight is 660 g/mol. The van der Waals surface area contributed by atoms with Gasteiger partial charge in [0.2, 0.25) is 11.8 Å². The normalized spacial score (nSPS) is 17.7. The van der Waals surface area contributed by atoms with E-state index in [9.17, 15) is 14.7 Å². The molecule has 1 aliphatic rings. The van der Waals surface area contributed by atoms with Crippen molar-refractivity contribution in [1.82, 2.24) is 25.6 Å². The number of hydrogen-bond donors (Lipinski definition) is 4. The Morgan fingerprint density at radius 1 is 0.915 bits per heavy atom. The van der Waals surface area contributed by atoms with Gasteiger partial charge in [-0.1, -0.05) is 84.9 Å². The van der Waals surface area contributed by atoms with Crippen LogP contribution in [0.1, 0.15) is 73.2 Å². The van der Waals surface area contributed by atoms with Gasteiger partial charge < -0.3 is 24.5 Å². The molecule has 1 aromatic heterocycles. The number of nitrogens with zero attached hydrogens (tertiary/aromatic N) is 3. The van der Waals surface area contributed by atoms with Gasteiger partial charge in [-0.25, -0.2) is 5.48 Å². The van der Waals surface area contributed by atoms with Crippen molar-refractivity contribution in [2.45, 2.75) is 75.3 Å². The van der Waals surface area contributed by atoms with Crippen molar-refractivity contribution in [2.75, 3.05) is 5.75 Å². The second-order valence-electron chi connectivity index (χ2n) is 11.6. The van der Waals surface area contributed by atoms with Gasteiger partial charge in [-0.2, -0.15) is 0 Å². The summed E-state index contributed by atoms with van der Waals surface area (Å²) in [6, 6.07) is 24.1. The van der Waals surface area contributed by atoms with Crippen molar-refractivity contribution in [3.63, 3.8) is 0 Å². The fraction of sp³-hybridized carbons (Fsp3) is 0.371. The highest BCUT2D eigenvalue weighted by Gasteiger charge is 2.32. The van der Waals surface area contributed by atoms with Crippen LogP contribution < -0.4 is 10.8 Å². The SMILES string of the molecule is Cn1cnnc1SC[C@H]1C[C@@H](c2ccc(CO)cc2)O[C@@H](c2ccc(-c3cccc(CNC(=O)CCCCCC(=O)NO)c3)cc2)O1. The third-order valence-electron chi connectivity index (χ3n) is 8.05. The van der Waals surface area contributed by atoms with E-state index in [0.717, 1.165) is 45.0 Å². The summed E-state index contributed by atoms with van der Waals surface area (Å²) >= 11 is 1.60. The summed E-state index contributed by atoms with van der Waals surface area (Å²) in [7, 11) is 1.92. The minimum atomic E-state index is -0.557. The lowest BCUT2D eigenvalue weighted by atomic mass is 9.99. The first kappa shape index (κ1) is 34.3. The van der Waals surface area contributed by atoms with Gasteiger partial charge in [0, 0.05) is 44.2 Å². The minimum absolute atomic E-state index is 0.00505. The Kier molecular flexibility index (Phi) is 12.5. The van der Waals surface area contributed by atoms with Crippen LogP contribution in [0.4, 0.5) is 0 Å². The van der Waals surface area contributed by atoms with E-state index in [4.69, 9.17) is 14.7 Å². The number of nitrogens with one attached hydrogen (secondary N) is 2. The molecule has 5 rings (SSSR count). The Hall–Kier alpha value is -4.07.